The van der Waals surface area contributed by atoms with Crippen LogP contribution in [0.25, 0.3) is 0 Å². The molecule has 1 unspecified atom stereocenters. The van der Waals surface area contributed by atoms with Crippen molar-refractivity contribution in [2.24, 2.45) is 0 Å². The molecule has 3 nitrogen and oxygen atoms in total. The standard InChI is InChI=1S/C18H21NO2S2/c1-14-5-2-3-6-15(14)21-13-18(20)19-9-8-17(23-12-10-19)16-7-4-11-22-16/h2-7,11,17H,8-10,12-13H2,1H3. The maximum absolute atomic E-state index is 12.4. The summed E-state index contributed by atoms with van der Waals surface area (Å²) < 4.78 is 5.70. The molecule has 1 aliphatic heterocycles. The van der Waals surface area contributed by atoms with Crippen molar-refractivity contribution >= 4 is 29.0 Å². The van der Waals surface area contributed by atoms with Gasteiger partial charge in [-0.25, -0.2) is 0 Å². The van der Waals surface area contributed by atoms with Crippen LogP contribution in [0.3, 0.4) is 0 Å². The fourth-order valence-electron chi connectivity index (χ4n) is 2.67. The molecule has 0 saturated carbocycles. The number of ether oxygens (including phenoxy) is 1. The summed E-state index contributed by atoms with van der Waals surface area (Å²) >= 11 is 3.76. The summed E-state index contributed by atoms with van der Waals surface area (Å²) in [6, 6.07) is 12.1. The van der Waals surface area contributed by atoms with E-state index in [0.717, 1.165) is 36.6 Å². The molecule has 1 aromatic heterocycles. The van der Waals surface area contributed by atoms with Crippen LogP contribution in [-0.2, 0) is 4.79 Å². The van der Waals surface area contributed by atoms with Crippen LogP contribution in [-0.4, -0.2) is 36.3 Å². The lowest BCUT2D eigenvalue weighted by Gasteiger charge is -2.20. The smallest absolute Gasteiger partial charge is 0.260 e. The highest BCUT2D eigenvalue weighted by molar-refractivity contribution is 7.99. The Morgan fingerprint density at radius 3 is 2.91 bits per heavy atom. The Kier molecular flexibility index (Phi) is 5.62. The van der Waals surface area contributed by atoms with Crippen molar-refractivity contribution in [1.82, 2.24) is 4.90 Å². The number of nitrogens with zero attached hydrogens (tertiary/aromatic N) is 1. The maximum atomic E-state index is 12.4. The molecule has 0 aliphatic carbocycles. The molecular weight excluding hydrogens is 326 g/mol. The molecule has 1 saturated heterocycles. The van der Waals surface area contributed by atoms with E-state index in [1.54, 1.807) is 0 Å². The predicted octanol–water partition coefficient (Wildman–Crippen LogP) is 4.14. The van der Waals surface area contributed by atoms with Gasteiger partial charge in [0.25, 0.3) is 5.91 Å². The monoisotopic (exact) mass is 347 g/mol. The van der Waals surface area contributed by atoms with Gasteiger partial charge >= 0.3 is 0 Å². The lowest BCUT2D eigenvalue weighted by Crippen LogP contribution is -2.36. The van der Waals surface area contributed by atoms with Gasteiger partial charge in [0.15, 0.2) is 6.61 Å². The number of carbonyl (C=O) groups excluding carboxylic acids is 1. The molecule has 0 spiro atoms. The van der Waals surface area contributed by atoms with E-state index in [9.17, 15) is 4.79 Å². The molecule has 1 atom stereocenters. The maximum Gasteiger partial charge on any atom is 0.260 e. The number of hydrogen-bond donors (Lipinski definition) is 0. The van der Waals surface area contributed by atoms with Crippen LogP contribution in [0.2, 0.25) is 0 Å². The quantitative estimate of drug-likeness (QED) is 0.832. The van der Waals surface area contributed by atoms with Crippen LogP contribution in [0.4, 0.5) is 0 Å². The van der Waals surface area contributed by atoms with Gasteiger partial charge in [-0.15, -0.1) is 11.3 Å². The molecule has 1 aliphatic rings. The van der Waals surface area contributed by atoms with Gasteiger partial charge in [-0.3, -0.25) is 4.79 Å². The third kappa shape index (κ3) is 4.30. The molecule has 122 valence electrons. The molecule has 0 bridgehead atoms. The van der Waals surface area contributed by atoms with Crippen molar-refractivity contribution in [1.29, 1.82) is 0 Å². The van der Waals surface area contributed by atoms with E-state index < -0.39 is 0 Å². The van der Waals surface area contributed by atoms with E-state index >= 15 is 0 Å². The number of amides is 1. The minimum absolute atomic E-state index is 0.0840. The Morgan fingerprint density at radius 1 is 1.26 bits per heavy atom. The Balaban J connectivity index is 1.53. The van der Waals surface area contributed by atoms with E-state index in [1.165, 1.54) is 4.88 Å². The van der Waals surface area contributed by atoms with Crippen molar-refractivity contribution in [3.8, 4) is 5.75 Å². The van der Waals surface area contributed by atoms with Crippen molar-refractivity contribution in [2.45, 2.75) is 18.6 Å². The van der Waals surface area contributed by atoms with Gasteiger partial charge in [0.1, 0.15) is 5.75 Å². The Morgan fingerprint density at radius 2 is 2.13 bits per heavy atom. The van der Waals surface area contributed by atoms with Gasteiger partial charge in [-0.2, -0.15) is 11.8 Å². The Bertz CT molecular complexity index is 642. The second kappa shape index (κ2) is 7.88. The van der Waals surface area contributed by atoms with Gasteiger partial charge < -0.3 is 9.64 Å². The van der Waals surface area contributed by atoms with Crippen molar-refractivity contribution in [3.63, 3.8) is 0 Å². The SMILES string of the molecule is Cc1ccccc1OCC(=O)N1CCSC(c2cccs2)CC1. The third-order valence-corrected chi connectivity index (χ3v) is 6.44. The zero-order valence-corrected chi connectivity index (χ0v) is 14.9. The van der Waals surface area contributed by atoms with Crippen molar-refractivity contribution in [2.75, 3.05) is 25.4 Å². The second-order valence-corrected chi connectivity index (χ2v) is 7.89. The number of para-hydroxylation sites is 1. The first kappa shape index (κ1) is 16.4. The topological polar surface area (TPSA) is 29.5 Å². The average Bonchev–Trinajstić information content (AvgIpc) is 2.98. The van der Waals surface area contributed by atoms with Crippen LogP contribution >= 0.6 is 23.1 Å². The summed E-state index contributed by atoms with van der Waals surface area (Å²) in [6.07, 6.45) is 1.02. The first-order valence-corrected chi connectivity index (χ1v) is 9.78. The summed E-state index contributed by atoms with van der Waals surface area (Å²) in [5.74, 6) is 1.86. The zero-order chi connectivity index (χ0) is 16.1. The molecule has 2 heterocycles. The van der Waals surface area contributed by atoms with Gasteiger partial charge in [-0.05, 0) is 36.4 Å². The minimum atomic E-state index is 0.0840. The number of thioether (sulfide) groups is 1. The lowest BCUT2D eigenvalue weighted by molar-refractivity contribution is -0.133. The van der Waals surface area contributed by atoms with E-state index in [-0.39, 0.29) is 12.5 Å². The summed E-state index contributed by atoms with van der Waals surface area (Å²) in [5.41, 5.74) is 1.06. The van der Waals surface area contributed by atoms with Crippen LogP contribution in [0.15, 0.2) is 41.8 Å². The number of carbonyl (C=O) groups is 1. The summed E-state index contributed by atoms with van der Waals surface area (Å²) in [5, 5.41) is 2.64. The minimum Gasteiger partial charge on any atom is -0.484 e. The number of thiophene rings is 1. The van der Waals surface area contributed by atoms with Crippen LogP contribution < -0.4 is 4.74 Å². The fourth-order valence-corrected chi connectivity index (χ4v) is 4.91. The number of aryl methyl sites for hydroxylation is 1. The molecule has 1 amide bonds. The Hall–Kier alpha value is -1.46. The first-order chi connectivity index (χ1) is 11.2. The number of rotatable bonds is 4. The van der Waals surface area contributed by atoms with E-state index in [1.807, 2.05) is 59.2 Å². The fraction of sp³-hybridized carbons (Fsp3) is 0.389. The molecule has 5 heteroatoms. The van der Waals surface area contributed by atoms with Gasteiger partial charge in [0.05, 0.1) is 0 Å². The van der Waals surface area contributed by atoms with Crippen molar-refractivity contribution in [3.05, 3.63) is 52.2 Å². The molecule has 1 aromatic carbocycles. The molecule has 0 radical (unpaired) electrons. The summed E-state index contributed by atoms with van der Waals surface area (Å²) in [4.78, 5) is 15.8. The van der Waals surface area contributed by atoms with E-state index in [4.69, 9.17) is 4.74 Å². The lowest BCUT2D eigenvalue weighted by atomic mass is 10.2. The number of benzene rings is 1. The molecule has 3 rings (SSSR count). The molecule has 1 fully saturated rings. The largest absolute Gasteiger partial charge is 0.484 e. The zero-order valence-electron chi connectivity index (χ0n) is 13.2. The van der Waals surface area contributed by atoms with E-state index in [2.05, 4.69) is 17.5 Å². The molecule has 0 N–H and O–H groups in total. The van der Waals surface area contributed by atoms with Gasteiger partial charge in [0.2, 0.25) is 0 Å². The van der Waals surface area contributed by atoms with Gasteiger partial charge in [-0.1, -0.05) is 24.3 Å². The second-order valence-electron chi connectivity index (χ2n) is 5.60. The molecule has 23 heavy (non-hydrogen) atoms. The Labute approximate surface area is 145 Å². The van der Waals surface area contributed by atoms with E-state index in [0.29, 0.717) is 5.25 Å². The normalized spacial score (nSPS) is 18.5. The highest BCUT2D eigenvalue weighted by Crippen LogP contribution is 2.36. The first-order valence-electron chi connectivity index (χ1n) is 7.85. The van der Waals surface area contributed by atoms with Crippen LogP contribution in [0.5, 0.6) is 5.75 Å². The van der Waals surface area contributed by atoms with Crippen molar-refractivity contribution < 1.29 is 9.53 Å². The van der Waals surface area contributed by atoms with Crippen LogP contribution in [0, 0.1) is 6.92 Å². The van der Waals surface area contributed by atoms with Crippen LogP contribution in [0.1, 0.15) is 22.1 Å². The van der Waals surface area contributed by atoms with Gasteiger partial charge in [0, 0.05) is 29.0 Å². The number of hydrogen-bond acceptors (Lipinski definition) is 4. The highest BCUT2D eigenvalue weighted by Gasteiger charge is 2.22. The molecule has 2 aromatic rings. The average molecular weight is 348 g/mol. The summed E-state index contributed by atoms with van der Waals surface area (Å²) in [7, 11) is 0. The highest BCUT2D eigenvalue weighted by atomic mass is 32.2. The predicted molar refractivity (Wildman–Crippen MR) is 97.4 cm³/mol. The molecular formula is C18H21NO2S2. The third-order valence-electron chi connectivity index (χ3n) is 4.00. The summed E-state index contributed by atoms with van der Waals surface area (Å²) in [6.45, 7) is 3.74.